The van der Waals surface area contributed by atoms with Gasteiger partial charge in [0.15, 0.2) is 0 Å². The molecule has 0 saturated carbocycles. The summed E-state index contributed by atoms with van der Waals surface area (Å²) in [6, 6.07) is 0. The van der Waals surface area contributed by atoms with E-state index in [1.165, 1.54) is 0 Å². The molecule has 80 valence electrons. The van der Waals surface area contributed by atoms with E-state index in [0.29, 0.717) is 19.8 Å². The second-order valence-electron chi connectivity index (χ2n) is 2.69. The Kier molecular flexibility index (Phi) is 31.1. The first-order valence-corrected chi connectivity index (χ1v) is 4.73. The van der Waals surface area contributed by atoms with Gasteiger partial charge in [0.25, 0.3) is 0 Å². The van der Waals surface area contributed by atoms with Crippen molar-refractivity contribution < 1.29 is 78.8 Å². The van der Waals surface area contributed by atoms with Gasteiger partial charge in [-0.25, -0.2) is 0 Å². The Balaban J connectivity index is -0.000000720. The van der Waals surface area contributed by atoms with Gasteiger partial charge in [-0.2, -0.15) is 0 Å². The third-order valence-corrected chi connectivity index (χ3v) is 1.53. The van der Waals surface area contributed by atoms with E-state index in [-0.39, 0.29) is 78.9 Å². The number of ether oxygens (including phenoxy) is 2. The van der Waals surface area contributed by atoms with Gasteiger partial charge in [-0.15, -0.1) is 13.2 Å². The summed E-state index contributed by atoms with van der Waals surface area (Å²) in [7, 11) is 0. The molecule has 0 saturated heterocycles. The van der Waals surface area contributed by atoms with E-state index in [9.17, 15) is 10.2 Å². The monoisotopic (exact) mass is 236 g/mol. The SMILES string of the molecule is [Na+].[Na+].[O-]CCCCCOCCOCC[O-]. The average Bonchev–Trinajstić information content (AvgIpc) is 2.16. The predicted octanol–water partition coefficient (Wildman–Crippen LogP) is -7.08. The maximum Gasteiger partial charge on any atom is 1.00 e. The van der Waals surface area contributed by atoms with Crippen molar-refractivity contribution in [2.75, 3.05) is 39.6 Å². The molecule has 0 aliphatic carbocycles. The first-order valence-electron chi connectivity index (χ1n) is 4.73. The van der Waals surface area contributed by atoms with Crippen LogP contribution in [0.2, 0.25) is 0 Å². The maximum atomic E-state index is 10.0. The fourth-order valence-corrected chi connectivity index (χ4v) is 0.864. The number of unbranched alkanes of at least 4 members (excludes halogenated alkanes) is 2. The van der Waals surface area contributed by atoms with E-state index in [2.05, 4.69) is 0 Å². The minimum atomic E-state index is -0.191. The summed E-state index contributed by atoms with van der Waals surface area (Å²) in [5, 5.41) is 20.0. The van der Waals surface area contributed by atoms with Crippen LogP contribution in [0.4, 0.5) is 0 Å². The standard InChI is InChI=1S/C9H18O4.2Na/c10-4-2-1-3-6-12-8-9-13-7-5-11;;/h1-9H2;;/q-2;2*+1. The van der Waals surface area contributed by atoms with Crippen molar-refractivity contribution in [1.82, 2.24) is 0 Å². The van der Waals surface area contributed by atoms with Crippen molar-refractivity contribution in [2.24, 2.45) is 0 Å². The van der Waals surface area contributed by atoms with Crippen LogP contribution in [0.5, 0.6) is 0 Å². The van der Waals surface area contributed by atoms with Gasteiger partial charge in [0.05, 0.1) is 13.2 Å². The van der Waals surface area contributed by atoms with Crippen molar-refractivity contribution in [3.8, 4) is 0 Å². The summed E-state index contributed by atoms with van der Waals surface area (Å²) in [5.74, 6) is 0. The smallest absolute Gasteiger partial charge is 0.854 e. The van der Waals surface area contributed by atoms with Gasteiger partial charge < -0.3 is 19.7 Å². The normalized spacial score (nSPS) is 9.20. The van der Waals surface area contributed by atoms with E-state index in [0.717, 1.165) is 19.3 Å². The van der Waals surface area contributed by atoms with E-state index in [4.69, 9.17) is 9.47 Å². The van der Waals surface area contributed by atoms with Gasteiger partial charge in [0, 0.05) is 13.2 Å². The van der Waals surface area contributed by atoms with E-state index in [1.54, 1.807) is 0 Å². The number of hydrogen-bond acceptors (Lipinski definition) is 4. The Morgan fingerprint density at radius 2 is 1.20 bits per heavy atom. The van der Waals surface area contributed by atoms with Crippen LogP contribution in [0.3, 0.4) is 0 Å². The molecule has 0 rings (SSSR count). The molecular formula is C9H18Na2O4. The molecule has 0 bridgehead atoms. The molecule has 0 heterocycles. The molecule has 0 unspecified atom stereocenters. The number of rotatable bonds is 10. The van der Waals surface area contributed by atoms with Gasteiger partial charge in [-0.3, -0.25) is 0 Å². The van der Waals surface area contributed by atoms with Crippen LogP contribution < -0.4 is 69.3 Å². The van der Waals surface area contributed by atoms with Crippen molar-refractivity contribution in [1.29, 1.82) is 0 Å². The Hall–Kier alpha value is 1.84. The molecule has 0 aliphatic heterocycles. The first kappa shape index (κ1) is 22.1. The Labute approximate surface area is 136 Å². The zero-order valence-corrected chi connectivity index (χ0v) is 14.0. The fourth-order valence-electron chi connectivity index (χ4n) is 0.864. The summed E-state index contributed by atoms with van der Waals surface area (Å²) in [6.45, 7) is 1.79. The average molecular weight is 236 g/mol. The summed E-state index contributed by atoms with van der Waals surface area (Å²) in [5.41, 5.74) is 0. The van der Waals surface area contributed by atoms with Crippen molar-refractivity contribution in [3.05, 3.63) is 0 Å². The molecular weight excluding hydrogens is 218 g/mol. The predicted molar refractivity (Wildman–Crippen MR) is 45.2 cm³/mol. The van der Waals surface area contributed by atoms with Crippen LogP contribution in [-0.2, 0) is 9.47 Å². The zero-order valence-electron chi connectivity index (χ0n) is 10.00. The van der Waals surface area contributed by atoms with Crippen molar-refractivity contribution in [2.45, 2.75) is 19.3 Å². The molecule has 0 radical (unpaired) electrons. The van der Waals surface area contributed by atoms with Crippen LogP contribution in [0, 0.1) is 0 Å². The van der Waals surface area contributed by atoms with Crippen LogP contribution in [-0.4, -0.2) is 39.6 Å². The van der Waals surface area contributed by atoms with E-state index in [1.807, 2.05) is 0 Å². The van der Waals surface area contributed by atoms with E-state index >= 15 is 0 Å². The van der Waals surface area contributed by atoms with Gasteiger partial charge >= 0.3 is 59.1 Å². The maximum absolute atomic E-state index is 10.0. The second kappa shape index (κ2) is 21.2. The van der Waals surface area contributed by atoms with Crippen LogP contribution in [0.15, 0.2) is 0 Å². The van der Waals surface area contributed by atoms with Gasteiger partial charge in [-0.1, -0.05) is 12.8 Å². The number of hydrogen-bond donors (Lipinski definition) is 0. The molecule has 6 heteroatoms. The third-order valence-electron chi connectivity index (χ3n) is 1.53. The summed E-state index contributed by atoms with van der Waals surface area (Å²) >= 11 is 0. The molecule has 0 spiro atoms. The van der Waals surface area contributed by atoms with E-state index < -0.39 is 0 Å². The topological polar surface area (TPSA) is 64.6 Å². The largest absolute Gasteiger partial charge is 1.00 e. The Morgan fingerprint density at radius 1 is 0.600 bits per heavy atom. The van der Waals surface area contributed by atoms with Gasteiger partial charge in [0.2, 0.25) is 0 Å². The third kappa shape index (κ3) is 21.6. The molecule has 0 N–H and O–H groups in total. The zero-order chi connectivity index (χ0) is 9.78. The van der Waals surface area contributed by atoms with Gasteiger partial charge in [0.1, 0.15) is 0 Å². The molecule has 0 aliphatic rings. The quantitative estimate of drug-likeness (QED) is 0.279. The summed E-state index contributed by atoms with van der Waals surface area (Å²) in [4.78, 5) is 0. The molecule has 0 atom stereocenters. The molecule has 0 aromatic rings. The summed E-state index contributed by atoms with van der Waals surface area (Å²) in [6.07, 6.45) is 2.60. The minimum Gasteiger partial charge on any atom is -0.854 e. The van der Waals surface area contributed by atoms with Crippen LogP contribution in [0.1, 0.15) is 19.3 Å². The summed E-state index contributed by atoms with van der Waals surface area (Å²) < 4.78 is 10.1. The molecule has 0 amide bonds. The fraction of sp³-hybridized carbons (Fsp3) is 1.00. The van der Waals surface area contributed by atoms with Crippen molar-refractivity contribution >= 4 is 0 Å². The first-order chi connectivity index (χ1) is 6.41. The Morgan fingerprint density at radius 3 is 1.73 bits per heavy atom. The molecule has 15 heavy (non-hydrogen) atoms. The van der Waals surface area contributed by atoms with Crippen LogP contribution in [0.25, 0.3) is 0 Å². The van der Waals surface area contributed by atoms with Crippen LogP contribution >= 0.6 is 0 Å². The van der Waals surface area contributed by atoms with Gasteiger partial charge in [-0.05, 0) is 6.42 Å². The molecule has 0 fully saturated rings. The Bertz CT molecular complexity index is 86.2. The second-order valence-corrected chi connectivity index (χ2v) is 2.69. The van der Waals surface area contributed by atoms with Crippen molar-refractivity contribution in [3.63, 3.8) is 0 Å². The molecule has 0 aromatic heterocycles. The molecule has 0 aromatic carbocycles. The minimum absolute atomic E-state index is 0. The molecule has 4 nitrogen and oxygen atoms in total.